The summed E-state index contributed by atoms with van der Waals surface area (Å²) in [5, 5.41) is 4.69. The van der Waals surface area contributed by atoms with Crippen LogP contribution in [0.25, 0.3) is 66.1 Å². The summed E-state index contributed by atoms with van der Waals surface area (Å²) in [7, 11) is 0. The van der Waals surface area contributed by atoms with Crippen LogP contribution in [0.5, 0.6) is 0 Å². The first-order chi connectivity index (χ1) is 28.3. The number of hydrogen-bond donors (Lipinski definition) is 0. The van der Waals surface area contributed by atoms with E-state index in [-0.39, 0.29) is 16.2 Å². The molecule has 0 saturated heterocycles. The average Bonchev–Trinajstić information content (AvgIpc) is 3.73. The summed E-state index contributed by atoms with van der Waals surface area (Å²) in [5.41, 5.74) is 17.8. The van der Waals surface area contributed by atoms with Gasteiger partial charge in [-0.25, -0.2) is 0 Å². The van der Waals surface area contributed by atoms with E-state index in [0.717, 1.165) is 39.0 Å². The third kappa shape index (κ3) is 5.91. The average molecular weight is 766 g/mol. The van der Waals surface area contributed by atoms with Crippen LogP contribution >= 0.6 is 0 Å². The molecule has 0 N–H and O–H groups in total. The normalized spacial score (nSPS) is 13.6. The van der Waals surface area contributed by atoms with Crippen LogP contribution in [0.15, 0.2) is 168 Å². The number of anilines is 3. The standard InChI is InChI=1S/C57H51NO/c1-55(2,3)38-33-37(34-39(35-38)56(4,5)6)40-24-15-19-36-20-16-25-42(52(36)40)41-21-10-13-28-47(41)58(49-30-18-32-51-54(49)44-23-11-14-31-50(44)59-51)48-29-17-27-46-53(48)43-22-9-12-26-45(43)57(46,7)8/h9-35H,1-8H3. The molecule has 1 aliphatic rings. The number of rotatable bonds is 5. The molecular formula is C57H51NO. The van der Waals surface area contributed by atoms with Crippen molar-refractivity contribution in [2.75, 3.05) is 4.90 Å². The van der Waals surface area contributed by atoms with Gasteiger partial charge in [0, 0.05) is 21.9 Å². The Morgan fingerprint density at radius 3 is 1.73 bits per heavy atom. The molecule has 0 radical (unpaired) electrons. The van der Waals surface area contributed by atoms with E-state index in [2.05, 4.69) is 224 Å². The van der Waals surface area contributed by atoms with Gasteiger partial charge in [-0.05, 0) is 96.4 Å². The van der Waals surface area contributed by atoms with Crippen LogP contribution in [0, 0.1) is 0 Å². The maximum Gasteiger partial charge on any atom is 0.137 e. The molecule has 290 valence electrons. The Bertz CT molecular complexity index is 3070. The molecule has 8 aromatic carbocycles. The molecule has 0 saturated carbocycles. The number of furan rings is 1. The van der Waals surface area contributed by atoms with E-state index in [1.165, 1.54) is 66.4 Å². The number of benzene rings is 8. The second-order valence-electron chi connectivity index (χ2n) is 19.0. The van der Waals surface area contributed by atoms with Gasteiger partial charge >= 0.3 is 0 Å². The maximum absolute atomic E-state index is 6.57. The summed E-state index contributed by atoms with van der Waals surface area (Å²) >= 11 is 0. The summed E-state index contributed by atoms with van der Waals surface area (Å²) in [6.45, 7) is 18.7. The van der Waals surface area contributed by atoms with E-state index in [1.54, 1.807) is 0 Å². The lowest BCUT2D eigenvalue weighted by molar-refractivity contribution is 0.569. The first-order valence-corrected chi connectivity index (χ1v) is 21.0. The molecule has 0 aliphatic heterocycles. The number of para-hydroxylation sites is 2. The summed E-state index contributed by atoms with van der Waals surface area (Å²) in [5.74, 6) is 0. The van der Waals surface area contributed by atoms with Gasteiger partial charge < -0.3 is 9.32 Å². The molecule has 10 rings (SSSR count). The van der Waals surface area contributed by atoms with Crippen LogP contribution in [0.1, 0.15) is 77.6 Å². The predicted molar refractivity (Wildman–Crippen MR) is 252 cm³/mol. The lowest BCUT2D eigenvalue weighted by Gasteiger charge is -2.31. The first-order valence-electron chi connectivity index (χ1n) is 21.0. The van der Waals surface area contributed by atoms with Crippen molar-refractivity contribution in [3.8, 4) is 33.4 Å². The fourth-order valence-corrected chi connectivity index (χ4v) is 9.60. The van der Waals surface area contributed by atoms with Crippen molar-refractivity contribution >= 4 is 49.8 Å². The second kappa shape index (κ2) is 13.3. The quantitative estimate of drug-likeness (QED) is 0.173. The zero-order chi connectivity index (χ0) is 40.8. The SMILES string of the molecule is CC(C)(C)c1cc(-c2cccc3cccc(-c4ccccc4N(c4cccc5c4-c4ccccc4C5(C)C)c4cccc5oc6ccccc6c45)c23)cc(C(C)(C)C)c1. The molecule has 1 aliphatic carbocycles. The highest BCUT2D eigenvalue weighted by atomic mass is 16.3. The van der Waals surface area contributed by atoms with Gasteiger partial charge in [-0.2, -0.15) is 0 Å². The highest BCUT2D eigenvalue weighted by Gasteiger charge is 2.38. The molecule has 9 aromatic rings. The Kier molecular flexibility index (Phi) is 8.34. The zero-order valence-corrected chi connectivity index (χ0v) is 35.4. The van der Waals surface area contributed by atoms with Crippen molar-refractivity contribution in [3.05, 3.63) is 186 Å². The lowest BCUT2D eigenvalue weighted by atomic mass is 9.78. The summed E-state index contributed by atoms with van der Waals surface area (Å²) < 4.78 is 6.57. The molecule has 1 heterocycles. The Hall–Kier alpha value is -6.38. The Morgan fingerprint density at radius 2 is 0.983 bits per heavy atom. The fourth-order valence-electron chi connectivity index (χ4n) is 9.60. The predicted octanol–water partition coefficient (Wildman–Crippen LogP) is 16.4. The minimum atomic E-state index is -0.153. The van der Waals surface area contributed by atoms with Gasteiger partial charge in [0.25, 0.3) is 0 Å². The first kappa shape index (κ1) is 36.9. The molecule has 2 nitrogen and oxygen atoms in total. The zero-order valence-electron chi connectivity index (χ0n) is 35.4. The third-order valence-electron chi connectivity index (χ3n) is 12.8. The van der Waals surface area contributed by atoms with Crippen molar-refractivity contribution < 1.29 is 4.42 Å². The van der Waals surface area contributed by atoms with E-state index in [4.69, 9.17) is 4.42 Å². The van der Waals surface area contributed by atoms with Crippen molar-refractivity contribution in [2.45, 2.75) is 71.6 Å². The van der Waals surface area contributed by atoms with Gasteiger partial charge in [0.05, 0.1) is 22.4 Å². The minimum Gasteiger partial charge on any atom is -0.456 e. The maximum atomic E-state index is 6.57. The molecule has 0 amide bonds. The van der Waals surface area contributed by atoms with Crippen LogP contribution < -0.4 is 4.90 Å². The van der Waals surface area contributed by atoms with Crippen molar-refractivity contribution in [1.82, 2.24) is 0 Å². The van der Waals surface area contributed by atoms with E-state index in [0.29, 0.717) is 0 Å². The molecule has 0 spiro atoms. The molecule has 2 heteroatoms. The van der Waals surface area contributed by atoms with Gasteiger partial charge in [-0.1, -0.05) is 189 Å². The third-order valence-corrected chi connectivity index (χ3v) is 12.8. The van der Waals surface area contributed by atoms with Gasteiger partial charge in [0.15, 0.2) is 0 Å². The molecule has 0 bridgehead atoms. The van der Waals surface area contributed by atoms with Crippen LogP contribution in [-0.2, 0) is 16.2 Å². The largest absolute Gasteiger partial charge is 0.456 e. The van der Waals surface area contributed by atoms with Gasteiger partial charge in [0.2, 0.25) is 0 Å². The number of fused-ring (bicyclic) bond motifs is 7. The van der Waals surface area contributed by atoms with Crippen molar-refractivity contribution in [2.24, 2.45) is 0 Å². The van der Waals surface area contributed by atoms with E-state index in [9.17, 15) is 0 Å². The molecule has 0 fully saturated rings. The highest BCUT2D eigenvalue weighted by Crippen LogP contribution is 2.56. The van der Waals surface area contributed by atoms with Gasteiger partial charge in [0.1, 0.15) is 11.2 Å². The summed E-state index contributed by atoms with van der Waals surface area (Å²) in [6, 6.07) is 60.7. The topological polar surface area (TPSA) is 16.4 Å². The number of nitrogens with zero attached hydrogens (tertiary/aromatic N) is 1. The lowest BCUT2D eigenvalue weighted by Crippen LogP contribution is -2.16. The monoisotopic (exact) mass is 765 g/mol. The van der Waals surface area contributed by atoms with Gasteiger partial charge in [-0.15, -0.1) is 0 Å². The van der Waals surface area contributed by atoms with E-state index >= 15 is 0 Å². The van der Waals surface area contributed by atoms with Crippen LogP contribution in [0.2, 0.25) is 0 Å². The van der Waals surface area contributed by atoms with E-state index in [1.807, 2.05) is 0 Å². The number of hydrogen-bond acceptors (Lipinski definition) is 2. The molecular weight excluding hydrogens is 715 g/mol. The molecule has 0 atom stereocenters. The Morgan fingerprint density at radius 1 is 0.441 bits per heavy atom. The van der Waals surface area contributed by atoms with Crippen LogP contribution in [0.3, 0.4) is 0 Å². The Labute approximate surface area is 348 Å². The molecule has 0 unspecified atom stereocenters. The van der Waals surface area contributed by atoms with Crippen molar-refractivity contribution in [1.29, 1.82) is 0 Å². The Balaban J connectivity index is 1.30. The van der Waals surface area contributed by atoms with Gasteiger partial charge in [-0.3, -0.25) is 0 Å². The van der Waals surface area contributed by atoms with Crippen molar-refractivity contribution in [3.63, 3.8) is 0 Å². The molecule has 1 aromatic heterocycles. The summed E-state index contributed by atoms with van der Waals surface area (Å²) in [6.07, 6.45) is 0. The highest BCUT2D eigenvalue weighted by molar-refractivity contribution is 6.16. The summed E-state index contributed by atoms with van der Waals surface area (Å²) in [4.78, 5) is 2.52. The van der Waals surface area contributed by atoms with Crippen LogP contribution in [-0.4, -0.2) is 0 Å². The minimum absolute atomic E-state index is 0.00206. The fraction of sp³-hybridized carbons (Fsp3) is 0.193. The molecule has 59 heavy (non-hydrogen) atoms. The second-order valence-corrected chi connectivity index (χ2v) is 19.0. The van der Waals surface area contributed by atoms with E-state index < -0.39 is 0 Å². The smallest absolute Gasteiger partial charge is 0.137 e. The van der Waals surface area contributed by atoms with Crippen LogP contribution in [0.4, 0.5) is 17.1 Å².